The third-order valence-corrected chi connectivity index (χ3v) is 4.06. The summed E-state index contributed by atoms with van der Waals surface area (Å²) in [5, 5.41) is 4.47. The van der Waals surface area contributed by atoms with Gasteiger partial charge >= 0.3 is 0 Å². The molecule has 1 heterocycles. The molecule has 3 heteroatoms. The second-order valence-electron chi connectivity index (χ2n) is 5.87. The largest absolute Gasteiger partial charge is 0.310 e. The van der Waals surface area contributed by atoms with Crippen molar-refractivity contribution in [1.82, 2.24) is 10.2 Å². The maximum absolute atomic E-state index is 6.01. The van der Waals surface area contributed by atoms with Crippen LogP contribution in [0.15, 0.2) is 35.9 Å². The summed E-state index contributed by atoms with van der Waals surface area (Å²) >= 11 is 6.01. The minimum absolute atomic E-state index is 0.636. The van der Waals surface area contributed by atoms with Crippen LogP contribution in [0.1, 0.15) is 32.3 Å². The molecule has 0 saturated carbocycles. The quantitative estimate of drug-likeness (QED) is 0.829. The number of rotatable bonds is 5. The lowest BCUT2D eigenvalue weighted by Gasteiger charge is -2.31. The molecule has 110 valence electrons. The molecule has 0 aromatic heterocycles. The van der Waals surface area contributed by atoms with Crippen molar-refractivity contribution in [3.63, 3.8) is 0 Å². The zero-order chi connectivity index (χ0) is 14.4. The van der Waals surface area contributed by atoms with Gasteiger partial charge in [0.05, 0.1) is 0 Å². The van der Waals surface area contributed by atoms with Crippen LogP contribution in [-0.2, 0) is 6.54 Å². The Bertz CT molecular complexity index is 444. The van der Waals surface area contributed by atoms with Crippen LogP contribution in [0.2, 0.25) is 5.02 Å². The highest BCUT2D eigenvalue weighted by Gasteiger charge is 2.17. The number of hydrogen-bond donors (Lipinski definition) is 1. The van der Waals surface area contributed by atoms with E-state index in [-0.39, 0.29) is 0 Å². The third kappa shape index (κ3) is 5.28. The highest BCUT2D eigenvalue weighted by atomic mass is 35.5. The van der Waals surface area contributed by atoms with E-state index in [1.54, 1.807) is 0 Å². The van der Waals surface area contributed by atoms with Crippen LogP contribution in [0, 0.1) is 0 Å². The van der Waals surface area contributed by atoms with Gasteiger partial charge in [-0.25, -0.2) is 0 Å². The molecule has 0 unspecified atom stereocenters. The van der Waals surface area contributed by atoms with E-state index >= 15 is 0 Å². The molecule has 1 fully saturated rings. The van der Waals surface area contributed by atoms with E-state index in [1.165, 1.54) is 37.1 Å². The summed E-state index contributed by atoms with van der Waals surface area (Å²) in [4.78, 5) is 2.53. The number of likely N-dealkylation sites (tertiary alicyclic amines) is 1. The van der Waals surface area contributed by atoms with E-state index in [4.69, 9.17) is 11.6 Å². The smallest absolute Gasteiger partial charge is 0.0409 e. The molecule has 1 N–H and O–H groups in total. The average Bonchev–Trinajstić information content (AvgIpc) is 2.44. The number of piperidine rings is 1. The number of halogens is 1. The minimum Gasteiger partial charge on any atom is -0.310 e. The van der Waals surface area contributed by atoms with Gasteiger partial charge in [0.25, 0.3) is 0 Å². The first-order valence-electron chi connectivity index (χ1n) is 7.47. The maximum atomic E-state index is 6.01. The van der Waals surface area contributed by atoms with E-state index in [9.17, 15) is 0 Å². The Kier molecular flexibility index (Phi) is 6.08. The lowest BCUT2D eigenvalue weighted by atomic mass is 10.0. The van der Waals surface area contributed by atoms with Crippen molar-refractivity contribution in [1.29, 1.82) is 0 Å². The summed E-state index contributed by atoms with van der Waals surface area (Å²) < 4.78 is 0. The summed E-state index contributed by atoms with van der Waals surface area (Å²) in [5.74, 6) is 0. The highest BCUT2D eigenvalue weighted by Crippen LogP contribution is 2.13. The molecule has 0 atom stereocenters. The van der Waals surface area contributed by atoms with E-state index < -0.39 is 0 Å². The Balaban J connectivity index is 1.71. The van der Waals surface area contributed by atoms with Crippen molar-refractivity contribution in [2.45, 2.75) is 39.3 Å². The number of nitrogens with zero attached hydrogens (tertiary/aromatic N) is 1. The fourth-order valence-corrected chi connectivity index (χ4v) is 2.75. The van der Waals surface area contributed by atoms with E-state index in [2.05, 4.69) is 36.2 Å². The lowest BCUT2D eigenvalue weighted by molar-refractivity contribution is 0.214. The van der Waals surface area contributed by atoms with Gasteiger partial charge in [-0.1, -0.05) is 35.4 Å². The van der Waals surface area contributed by atoms with Gasteiger partial charge in [-0.3, -0.25) is 4.90 Å². The Hall–Kier alpha value is -0.830. The van der Waals surface area contributed by atoms with E-state index in [0.717, 1.165) is 18.1 Å². The molecule has 2 rings (SSSR count). The van der Waals surface area contributed by atoms with Crippen molar-refractivity contribution >= 4 is 11.6 Å². The molecule has 0 radical (unpaired) electrons. The molecule has 2 nitrogen and oxygen atoms in total. The van der Waals surface area contributed by atoms with Gasteiger partial charge in [0.2, 0.25) is 0 Å². The molecule has 20 heavy (non-hydrogen) atoms. The summed E-state index contributed by atoms with van der Waals surface area (Å²) in [6, 6.07) is 8.74. The third-order valence-electron chi connectivity index (χ3n) is 3.83. The van der Waals surface area contributed by atoms with Crippen LogP contribution in [0.3, 0.4) is 0 Å². The molecule has 1 saturated heterocycles. The monoisotopic (exact) mass is 292 g/mol. The fraction of sp³-hybridized carbons (Fsp3) is 0.529. The molecular weight excluding hydrogens is 268 g/mol. The second kappa shape index (κ2) is 7.82. The summed E-state index contributed by atoms with van der Waals surface area (Å²) in [5.41, 5.74) is 2.68. The molecule has 1 aliphatic rings. The normalized spacial score (nSPS) is 17.1. The van der Waals surface area contributed by atoms with Crippen LogP contribution < -0.4 is 5.32 Å². The molecule has 0 amide bonds. The van der Waals surface area contributed by atoms with Gasteiger partial charge in [-0.05, 0) is 57.5 Å². The first kappa shape index (κ1) is 15.6. The van der Waals surface area contributed by atoms with Gasteiger partial charge in [0.1, 0.15) is 0 Å². The van der Waals surface area contributed by atoms with E-state index in [0.29, 0.717) is 6.04 Å². The van der Waals surface area contributed by atoms with Crippen molar-refractivity contribution in [2.24, 2.45) is 0 Å². The standard InChI is InChI=1S/C17H25ClN2/c1-14(2)6-9-20-10-7-17(8-11-20)19-13-15-4-3-5-16(18)12-15/h3-6,12,17,19H,7-11,13H2,1-2H3. The van der Waals surface area contributed by atoms with Crippen LogP contribution in [0.5, 0.6) is 0 Å². The predicted octanol–water partition coefficient (Wildman–Crippen LogP) is 3.86. The molecule has 1 aromatic carbocycles. The van der Waals surface area contributed by atoms with Crippen molar-refractivity contribution in [3.05, 3.63) is 46.5 Å². The summed E-state index contributed by atoms with van der Waals surface area (Å²) in [6.07, 6.45) is 4.79. The van der Waals surface area contributed by atoms with Crippen LogP contribution in [0.4, 0.5) is 0 Å². The Morgan fingerprint density at radius 2 is 2.10 bits per heavy atom. The highest BCUT2D eigenvalue weighted by molar-refractivity contribution is 6.30. The van der Waals surface area contributed by atoms with Gasteiger partial charge in [0.15, 0.2) is 0 Å². The van der Waals surface area contributed by atoms with Crippen LogP contribution in [0.25, 0.3) is 0 Å². The van der Waals surface area contributed by atoms with Crippen LogP contribution >= 0.6 is 11.6 Å². The number of benzene rings is 1. The molecule has 0 bridgehead atoms. The van der Waals surface area contributed by atoms with E-state index in [1.807, 2.05) is 18.2 Å². The van der Waals surface area contributed by atoms with Crippen molar-refractivity contribution < 1.29 is 0 Å². The fourth-order valence-electron chi connectivity index (χ4n) is 2.54. The Labute approximate surface area is 127 Å². The van der Waals surface area contributed by atoms with Crippen LogP contribution in [-0.4, -0.2) is 30.6 Å². The van der Waals surface area contributed by atoms with Crippen molar-refractivity contribution in [3.8, 4) is 0 Å². The van der Waals surface area contributed by atoms with Crippen molar-refractivity contribution in [2.75, 3.05) is 19.6 Å². The molecular formula is C17H25ClN2. The number of hydrogen-bond acceptors (Lipinski definition) is 2. The minimum atomic E-state index is 0.636. The SMILES string of the molecule is CC(C)=CCN1CCC(NCc2cccc(Cl)c2)CC1. The summed E-state index contributed by atoms with van der Waals surface area (Å²) in [6.45, 7) is 8.73. The second-order valence-corrected chi connectivity index (χ2v) is 6.30. The first-order valence-corrected chi connectivity index (χ1v) is 7.85. The lowest BCUT2D eigenvalue weighted by Crippen LogP contribution is -2.42. The summed E-state index contributed by atoms with van der Waals surface area (Å²) in [7, 11) is 0. The topological polar surface area (TPSA) is 15.3 Å². The van der Waals surface area contributed by atoms with Gasteiger partial charge in [-0.15, -0.1) is 0 Å². The molecule has 0 aliphatic carbocycles. The molecule has 1 aromatic rings. The number of nitrogens with one attached hydrogen (secondary N) is 1. The zero-order valence-electron chi connectivity index (χ0n) is 12.5. The predicted molar refractivity (Wildman–Crippen MR) is 87.2 cm³/mol. The average molecular weight is 293 g/mol. The van der Waals surface area contributed by atoms with Gasteiger partial charge in [0, 0.05) is 24.2 Å². The number of allylic oxidation sites excluding steroid dienone is 1. The zero-order valence-corrected chi connectivity index (χ0v) is 13.3. The van der Waals surface area contributed by atoms with Gasteiger partial charge in [-0.2, -0.15) is 0 Å². The molecule has 0 spiro atoms. The van der Waals surface area contributed by atoms with Gasteiger partial charge < -0.3 is 5.32 Å². The maximum Gasteiger partial charge on any atom is 0.0409 e. The Morgan fingerprint density at radius 1 is 1.35 bits per heavy atom. The molecule has 1 aliphatic heterocycles. The first-order chi connectivity index (χ1) is 9.63. The Morgan fingerprint density at radius 3 is 2.75 bits per heavy atom.